The summed E-state index contributed by atoms with van der Waals surface area (Å²) in [5.74, 6) is 0.583. The number of hydrogen-bond acceptors (Lipinski definition) is 1. The Hall–Kier alpha value is -0.820. The topological polar surface area (TPSA) is 3.24 Å². The van der Waals surface area contributed by atoms with Gasteiger partial charge < -0.3 is 4.90 Å². The van der Waals surface area contributed by atoms with Crippen LogP contribution in [0, 0.1) is 13.8 Å². The van der Waals surface area contributed by atoms with Crippen LogP contribution in [0.15, 0.2) is 18.2 Å². The van der Waals surface area contributed by atoms with Crippen LogP contribution in [-0.2, 0) is 0 Å². The zero-order valence-electron chi connectivity index (χ0n) is 10.8. The molecule has 0 saturated heterocycles. The van der Waals surface area contributed by atoms with Crippen LogP contribution in [-0.4, -0.2) is 25.0 Å². The van der Waals surface area contributed by atoms with Gasteiger partial charge in [0.15, 0.2) is 0 Å². The monoisotopic (exact) mass is 205 g/mol. The predicted octanol–water partition coefficient (Wildman–Crippen LogP) is 3.36. The number of nitrogens with zero attached hydrogens (tertiary/aromatic N) is 1. The summed E-state index contributed by atoms with van der Waals surface area (Å²) in [7, 11) is 4.28. The molecule has 1 aromatic carbocycles. The van der Waals surface area contributed by atoms with Crippen molar-refractivity contribution >= 4 is 0 Å². The second kappa shape index (κ2) is 4.80. The van der Waals surface area contributed by atoms with Crippen molar-refractivity contribution in [3.8, 4) is 0 Å². The average Bonchev–Trinajstić information content (AvgIpc) is 2.19. The Bertz CT molecular complexity index is 328. The molecule has 0 N–H and O–H groups in total. The predicted molar refractivity (Wildman–Crippen MR) is 67.5 cm³/mol. The van der Waals surface area contributed by atoms with Gasteiger partial charge in [-0.1, -0.05) is 25.1 Å². The molecule has 0 aliphatic carbocycles. The first-order valence-electron chi connectivity index (χ1n) is 5.67. The minimum absolute atomic E-state index is 0.576. The third kappa shape index (κ3) is 2.82. The molecule has 2 unspecified atom stereocenters. The van der Waals surface area contributed by atoms with Crippen LogP contribution in [0.5, 0.6) is 0 Å². The SMILES string of the molecule is Cc1ccc(C(C)C(C)N(C)C)cc1C. The van der Waals surface area contributed by atoms with E-state index in [1.54, 1.807) is 0 Å². The third-order valence-electron chi connectivity index (χ3n) is 3.59. The smallest absolute Gasteiger partial charge is 0.0127 e. The molecule has 2 atom stereocenters. The van der Waals surface area contributed by atoms with Crippen LogP contribution < -0.4 is 0 Å². The Balaban J connectivity index is 2.91. The summed E-state index contributed by atoms with van der Waals surface area (Å²) in [4.78, 5) is 2.28. The van der Waals surface area contributed by atoms with Crippen molar-refractivity contribution < 1.29 is 0 Å². The van der Waals surface area contributed by atoms with Crippen LogP contribution in [0.2, 0.25) is 0 Å². The Morgan fingerprint density at radius 3 is 2.07 bits per heavy atom. The van der Waals surface area contributed by atoms with Gasteiger partial charge in [0.25, 0.3) is 0 Å². The molecule has 0 amide bonds. The van der Waals surface area contributed by atoms with Crippen molar-refractivity contribution in [1.82, 2.24) is 4.90 Å². The summed E-state index contributed by atoms with van der Waals surface area (Å²) in [5.41, 5.74) is 4.22. The van der Waals surface area contributed by atoms with Gasteiger partial charge in [0, 0.05) is 6.04 Å². The maximum Gasteiger partial charge on any atom is 0.0127 e. The van der Waals surface area contributed by atoms with E-state index in [-0.39, 0.29) is 0 Å². The highest BCUT2D eigenvalue weighted by Gasteiger charge is 2.16. The van der Waals surface area contributed by atoms with Gasteiger partial charge in [0.2, 0.25) is 0 Å². The molecule has 1 aromatic rings. The van der Waals surface area contributed by atoms with Crippen molar-refractivity contribution in [2.24, 2.45) is 0 Å². The van der Waals surface area contributed by atoms with Crippen molar-refractivity contribution in [3.05, 3.63) is 34.9 Å². The van der Waals surface area contributed by atoms with Crippen LogP contribution in [0.3, 0.4) is 0 Å². The Morgan fingerprint density at radius 1 is 1.00 bits per heavy atom. The highest BCUT2D eigenvalue weighted by Crippen LogP contribution is 2.23. The lowest BCUT2D eigenvalue weighted by Crippen LogP contribution is -2.29. The molecule has 0 aliphatic rings. The molecule has 0 fully saturated rings. The van der Waals surface area contributed by atoms with E-state index in [9.17, 15) is 0 Å². The molecule has 84 valence electrons. The van der Waals surface area contributed by atoms with Crippen molar-refractivity contribution in [2.75, 3.05) is 14.1 Å². The molecule has 0 aromatic heterocycles. The van der Waals surface area contributed by atoms with E-state index >= 15 is 0 Å². The fraction of sp³-hybridized carbons (Fsp3) is 0.571. The number of likely N-dealkylation sites (N-methyl/N-ethyl adjacent to an activating group) is 1. The molecule has 1 rings (SSSR count). The van der Waals surface area contributed by atoms with Gasteiger partial charge >= 0.3 is 0 Å². The van der Waals surface area contributed by atoms with E-state index in [1.165, 1.54) is 16.7 Å². The van der Waals surface area contributed by atoms with Gasteiger partial charge in [-0.15, -0.1) is 0 Å². The minimum Gasteiger partial charge on any atom is -0.306 e. The maximum atomic E-state index is 2.32. The first-order chi connectivity index (χ1) is 6.93. The molecule has 1 nitrogen and oxygen atoms in total. The fourth-order valence-electron chi connectivity index (χ4n) is 1.77. The summed E-state index contributed by atoms with van der Waals surface area (Å²) in [6.45, 7) is 8.93. The Morgan fingerprint density at radius 2 is 1.60 bits per heavy atom. The lowest BCUT2D eigenvalue weighted by Gasteiger charge is -2.27. The molecule has 0 heterocycles. The molecule has 0 spiro atoms. The largest absolute Gasteiger partial charge is 0.306 e. The molecule has 0 aliphatic heterocycles. The fourth-order valence-corrected chi connectivity index (χ4v) is 1.77. The van der Waals surface area contributed by atoms with Crippen molar-refractivity contribution in [3.63, 3.8) is 0 Å². The lowest BCUT2D eigenvalue weighted by molar-refractivity contribution is 0.280. The van der Waals surface area contributed by atoms with Gasteiger partial charge in [-0.2, -0.15) is 0 Å². The summed E-state index contributed by atoms with van der Waals surface area (Å²) in [6.07, 6.45) is 0. The van der Waals surface area contributed by atoms with Gasteiger partial charge in [-0.25, -0.2) is 0 Å². The van der Waals surface area contributed by atoms with Crippen LogP contribution in [0.25, 0.3) is 0 Å². The van der Waals surface area contributed by atoms with Crippen LogP contribution in [0.1, 0.15) is 36.5 Å². The van der Waals surface area contributed by atoms with Gasteiger partial charge in [0.05, 0.1) is 0 Å². The van der Waals surface area contributed by atoms with E-state index in [4.69, 9.17) is 0 Å². The Labute approximate surface area is 94.1 Å². The summed E-state index contributed by atoms with van der Waals surface area (Å²) < 4.78 is 0. The van der Waals surface area contributed by atoms with Crippen LogP contribution in [0.4, 0.5) is 0 Å². The number of hydrogen-bond donors (Lipinski definition) is 0. The third-order valence-corrected chi connectivity index (χ3v) is 3.59. The first kappa shape index (κ1) is 12.3. The standard InChI is InChI=1S/C14H23N/c1-10-7-8-14(9-11(10)2)12(3)13(4)15(5)6/h7-9,12-13H,1-6H3. The van der Waals surface area contributed by atoms with E-state index in [0.717, 1.165) is 0 Å². The van der Waals surface area contributed by atoms with E-state index in [2.05, 4.69) is 64.9 Å². The second-order valence-electron chi connectivity index (χ2n) is 4.84. The maximum absolute atomic E-state index is 2.32. The highest BCUT2D eigenvalue weighted by atomic mass is 15.1. The Kier molecular flexibility index (Phi) is 3.92. The number of benzene rings is 1. The second-order valence-corrected chi connectivity index (χ2v) is 4.84. The van der Waals surface area contributed by atoms with Crippen molar-refractivity contribution in [2.45, 2.75) is 39.7 Å². The van der Waals surface area contributed by atoms with Gasteiger partial charge in [-0.05, 0) is 57.5 Å². The summed E-state index contributed by atoms with van der Waals surface area (Å²) in [6, 6.07) is 7.38. The lowest BCUT2D eigenvalue weighted by atomic mass is 9.91. The molecule has 1 heteroatoms. The molecular weight excluding hydrogens is 182 g/mol. The minimum atomic E-state index is 0.576. The van der Waals surface area contributed by atoms with Crippen molar-refractivity contribution in [1.29, 1.82) is 0 Å². The average molecular weight is 205 g/mol. The molecule has 0 saturated carbocycles. The molecule has 0 radical (unpaired) electrons. The summed E-state index contributed by atoms with van der Waals surface area (Å²) in [5, 5.41) is 0. The first-order valence-corrected chi connectivity index (χ1v) is 5.67. The van der Waals surface area contributed by atoms with E-state index in [1.807, 2.05) is 0 Å². The zero-order valence-corrected chi connectivity index (χ0v) is 10.8. The molecular formula is C14H23N. The number of rotatable bonds is 3. The van der Waals surface area contributed by atoms with Gasteiger partial charge in [-0.3, -0.25) is 0 Å². The highest BCUT2D eigenvalue weighted by molar-refractivity contribution is 5.32. The zero-order chi connectivity index (χ0) is 11.6. The van der Waals surface area contributed by atoms with Crippen LogP contribution >= 0.6 is 0 Å². The number of aryl methyl sites for hydroxylation is 2. The normalized spacial score (nSPS) is 15.4. The van der Waals surface area contributed by atoms with E-state index < -0.39 is 0 Å². The van der Waals surface area contributed by atoms with E-state index in [0.29, 0.717) is 12.0 Å². The van der Waals surface area contributed by atoms with Gasteiger partial charge in [0.1, 0.15) is 0 Å². The summed E-state index contributed by atoms with van der Waals surface area (Å²) >= 11 is 0. The molecule has 0 bridgehead atoms. The quantitative estimate of drug-likeness (QED) is 0.731. The molecule has 15 heavy (non-hydrogen) atoms.